The topological polar surface area (TPSA) is 71.3 Å². The Hall–Kier alpha value is -2.56. The Balaban J connectivity index is 2.70. The number of rotatable bonds is 2. The average molecular weight is 272 g/mol. The summed E-state index contributed by atoms with van der Waals surface area (Å²) >= 11 is 0. The standard InChI is InChI=1S/C15H16N2O3/c1-9-4-5-11(15(20)16-3)7-13(9)17-10(2)6-12(18)8-14(17)19/h4-8,18H,1-3H3,(H,16,20). The lowest BCUT2D eigenvalue weighted by Gasteiger charge is -2.14. The summed E-state index contributed by atoms with van der Waals surface area (Å²) in [6, 6.07) is 7.82. The first-order chi connectivity index (χ1) is 9.43. The minimum Gasteiger partial charge on any atom is -0.508 e. The summed E-state index contributed by atoms with van der Waals surface area (Å²) in [5, 5.41) is 12.0. The van der Waals surface area contributed by atoms with E-state index in [1.165, 1.54) is 10.6 Å². The molecule has 0 fully saturated rings. The Bertz CT molecular complexity index is 732. The van der Waals surface area contributed by atoms with Crippen molar-refractivity contribution in [3.05, 3.63) is 57.5 Å². The van der Waals surface area contributed by atoms with E-state index in [0.29, 0.717) is 16.9 Å². The van der Waals surface area contributed by atoms with E-state index in [9.17, 15) is 14.7 Å². The number of aryl methyl sites for hydroxylation is 2. The van der Waals surface area contributed by atoms with Gasteiger partial charge in [0.2, 0.25) is 0 Å². The van der Waals surface area contributed by atoms with Crippen molar-refractivity contribution in [2.45, 2.75) is 13.8 Å². The van der Waals surface area contributed by atoms with Crippen LogP contribution in [0.4, 0.5) is 0 Å². The molecule has 5 heteroatoms. The van der Waals surface area contributed by atoms with Crippen LogP contribution in [0.2, 0.25) is 0 Å². The van der Waals surface area contributed by atoms with Crippen molar-refractivity contribution in [2.24, 2.45) is 0 Å². The molecule has 1 amide bonds. The van der Waals surface area contributed by atoms with Crippen LogP contribution in [0.1, 0.15) is 21.6 Å². The molecule has 2 N–H and O–H groups in total. The van der Waals surface area contributed by atoms with Gasteiger partial charge < -0.3 is 10.4 Å². The number of aromatic nitrogens is 1. The van der Waals surface area contributed by atoms with E-state index in [0.717, 1.165) is 11.6 Å². The summed E-state index contributed by atoms with van der Waals surface area (Å²) in [6.07, 6.45) is 0. The largest absolute Gasteiger partial charge is 0.508 e. The van der Waals surface area contributed by atoms with Gasteiger partial charge in [-0.3, -0.25) is 14.2 Å². The SMILES string of the molecule is CNC(=O)c1ccc(C)c(-n2c(C)cc(O)cc2=O)c1. The third kappa shape index (κ3) is 2.42. The maximum atomic E-state index is 12.1. The van der Waals surface area contributed by atoms with Crippen LogP contribution in [-0.2, 0) is 0 Å². The number of aromatic hydroxyl groups is 1. The second-order valence-electron chi connectivity index (χ2n) is 4.61. The van der Waals surface area contributed by atoms with Crippen molar-refractivity contribution >= 4 is 5.91 Å². The molecule has 0 saturated heterocycles. The second kappa shape index (κ2) is 5.21. The number of benzene rings is 1. The molecule has 104 valence electrons. The molecule has 2 aromatic rings. The minimum absolute atomic E-state index is 0.0659. The van der Waals surface area contributed by atoms with Gasteiger partial charge in [0, 0.05) is 24.4 Å². The number of carbonyl (C=O) groups excluding carboxylic acids is 1. The molecule has 0 aliphatic rings. The average Bonchev–Trinajstić information content (AvgIpc) is 2.38. The number of nitrogens with one attached hydrogen (secondary N) is 1. The van der Waals surface area contributed by atoms with Crippen LogP contribution in [0.15, 0.2) is 35.1 Å². The number of hydrogen-bond acceptors (Lipinski definition) is 3. The number of amides is 1. The van der Waals surface area contributed by atoms with Gasteiger partial charge in [0.05, 0.1) is 5.69 Å². The summed E-state index contributed by atoms with van der Waals surface area (Å²) in [4.78, 5) is 23.8. The van der Waals surface area contributed by atoms with Gasteiger partial charge in [-0.1, -0.05) is 6.07 Å². The van der Waals surface area contributed by atoms with Crippen molar-refractivity contribution in [2.75, 3.05) is 7.05 Å². The molecule has 1 aromatic heterocycles. The number of pyridine rings is 1. The molecular weight excluding hydrogens is 256 g/mol. The van der Waals surface area contributed by atoms with Crippen LogP contribution in [0.25, 0.3) is 5.69 Å². The molecule has 1 aromatic carbocycles. The molecule has 5 nitrogen and oxygen atoms in total. The van der Waals surface area contributed by atoms with E-state index in [4.69, 9.17) is 0 Å². The molecule has 2 rings (SSSR count). The lowest BCUT2D eigenvalue weighted by molar-refractivity contribution is 0.0963. The molecule has 20 heavy (non-hydrogen) atoms. The summed E-state index contributed by atoms with van der Waals surface area (Å²) in [6.45, 7) is 3.59. The Morgan fingerprint density at radius 1 is 1.20 bits per heavy atom. The fraction of sp³-hybridized carbons (Fsp3) is 0.200. The Labute approximate surface area is 116 Å². The molecule has 0 atom stereocenters. The van der Waals surface area contributed by atoms with Crippen molar-refractivity contribution < 1.29 is 9.90 Å². The zero-order valence-electron chi connectivity index (χ0n) is 11.6. The molecule has 0 aliphatic heterocycles. The quantitative estimate of drug-likeness (QED) is 0.870. The van der Waals surface area contributed by atoms with E-state index in [1.54, 1.807) is 32.2 Å². The molecular formula is C15H16N2O3. The van der Waals surface area contributed by atoms with Crippen LogP contribution < -0.4 is 10.9 Å². The Morgan fingerprint density at radius 3 is 2.50 bits per heavy atom. The van der Waals surface area contributed by atoms with Crippen molar-refractivity contribution in [3.8, 4) is 11.4 Å². The molecule has 0 aliphatic carbocycles. The van der Waals surface area contributed by atoms with Crippen molar-refractivity contribution in [1.82, 2.24) is 9.88 Å². The van der Waals surface area contributed by atoms with Gasteiger partial charge in [0.15, 0.2) is 0 Å². The third-order valence-electron chi connectivity index (χ3n) is 3.14. The second-order valence-corrected chi connectivity index (χ2v) is 4.61. The van der Waals surface area contributed by atoms with Gasteiger partial charge >= 0.3 is 0 Å². The zero-order chi connectivity index (χ0) is 14.9. The molecule has 0 unspecified atom stereocenters. The van der Waals surface area contributed by atoms with Gasteiger partial charge in [-0.25, -0.2) is 0 Å². The van der Waals surface area contributed by atoms with Gasteiger partial charge in [-0.2, -0.15) is 0 Å². The fourth-order valence-electron chi connectivity index (χ4n) is 2.13. The summed E-state index contributed by atoms with van der Waals surface area (Å²) in [5.74, 6) is -0.278. The van der Waals surface area contributed by atoms with Crippen molar-refractivity contribution in [1.29, 1.82) is 0 Å². The highest BCUT2D eigenvalue weighted by molar-refractivity contribution is 5.94. The van der Waals surface area contributed by atoms with Crippen LogP contribution >= 0.6 is 0 Å². The first-order valence-corrected chi connectivity index (χ1v) is 6.20. The minimum atomic E-state index is -0.334. The van der Waals surface area contributed by atoms with E-state index >= 15 is 0 Å². The van der Waals surface area contributed by atoms with Crippen LogP contribution in [0, 0.1) is 13.8 Å². The first kappa shape index (κ1) is 13.9. The third-order valence-corrected chi connectivity index (χ3v) is 3.14. The smallest absolute Gasteiger partial charge is 0.258 e. The zero-order valence-corrected chi connectivity index (χ0v) is 11.6. The lowest BCUT2D eigenvalue weighted by atomic mass is 10.1. The highest BCUT2D eigenvalue weighted by Gasteiger charge is 2.11. The first-order valence-electron chi connectivity index (χ1n) is 6.20. The van der Waals surface area contributed by atoms with Crippen LogP contribution in [0.5, 0.6) is 5.75 Å². The summed E-state index contributed by atoms with van der Waals surface area (Å²) < 4.78 is 1.47. The molecule has 0 saturated carbocycles. The number of nitrogens with zero attached hydrogens (tertiary/aromatic N) is 1. The van der Waals surface area contributed by atoms with Gasteiger partial charge in [-0.15, -0.1) is 0 Å². The maximum Gasteiger partial charge on any atom is 0.258 e. The Kier molecular flexibility index (Phi) is 3.61. The van der Waals surface area contributed by atoms with Gasteiger partial charge in [0.1, 0.15) is 5.75 Å². The monoisotopic (exact) mass is 272 g/mol. The maximum absolute atomic E-state index is 12.1. The van der Waals surface area contributed by atoms with Crippen LogP contribution in [-0.4, -0.2) is 22.6 Å². The van der Waals surface area contributed by atoms with E-state index in [2.05, 4.69) is 5.32 Å². The molecule has 0 radical (unpaired) electrons. The summed E-state index contributed by atoms with van der Waals surface area (Å²) in [7, 11) is 1.56. The number of hydrogen-bond donors (Lipinski definition) is 2. The highest BCUT2D eigenvalue weighted by Crippen LogP contribution is 2.18. The van der Waals surface area contributed by atoms with E-state index < -0.39 is 0 Å². The molecule has 1 heterocycles. The number of carbonyl (C=O) groups is 1. The van der Waals surface area contributed by atoms with E-state index in [1.807, 2.05) is 6.92 Å². The lowest BCUT2D eigenvalue weighted by Crippen LogP contribution is -2.22. The van der Waals surface area contributed by atoms with Gasteiger partial charge in [0.25, 0.3) is 11.5 Å². The van der Waals surface area contributed by atoms with Crippen molar-refractivity contribution in [3.63, 3.8) is 0 Å². The normalized spacial score (nSPS) is 10.3. The fourth-order valence-corrected chi connectivity index (χ4v) is 2.13. The van der Waals surface area contributed by atoms with Gasteiger partial charge in [-0.05, 0) is 37.6 Å². The predicted octanol–water partition coefficient (Wildman–Crippen LogP) is 1.52. The molecule has 0 spiro atoms. The Morgan fingerprint density at radius 2 is 1.90 bits per heavy atom. The van der Waals surface area contributed by atoms with E-state index in [-0.39, 0.29) is 17.2 Å². The highest BCUT2D eigenvalue weighted by atomic mass is 16.3. The van der Waals surface area contributed by atoms with Crippen LogP contribution in [0.3, 0.4) is 0 Å². The predicted molar refractivity (Wildman–Crippen MR) is 76.6 cm³/mol. The molecule has 0 bridgehead atoms. The summed E-state index contributed by atoms with van der Waals surface area (Å²) in [5.41, 5.74) is 2.25.